The molecule has 0 saturated carbocycles. The maximum Gasteiger partial charge on any atom is 0.123 e. The highest BCUT2D eigenvalue weighted by molar-refractivity contribution is 5.59. The van der Waals surface area contributed by atoms with Crippen LogP contribution in [0.25, 0.3) is 12.2 Å². The summed E-state index contributed by atoms with van der Waals surface area (Å²) >= 11 is 0. The maximum atomic E-state index is 13.6. The number of rotatable bonds is 3. The fourth-order valence-corrected chi connectivity index (χ4v) is 1.61. The van der Waals surface area contributed by atoms with E-state index in [0.717, 1.165) is 11.1 Å². The molecule has 0 aromatic heterocycles. The van der Waals surface area contributed by atoms with Gasteiger partial charge in [-0.3, -0.25) is 0 Å². The third kappa shape index (κ3) is 3.70. The average molecular weight is 238 g/mol. The van der Waals surface area contributed by atoms with Crippen LogP contribution in [0.3, 0.4) is 0 Å². The summed E-state index contributed by atoms with van der Waals surface area (Å²) in [6.45, 7) is 2.03. The minimum Gasteiger partial charge on any atom is -0.207 e. The minimum atomic E-state index is -0.248. The van der Waals surface area contributed by atoms with Crippen molar-refractivity contribution in [2.75, 3.05) is 0 Å². The van der Waals surface area contributed by atoms with Crippen molar-refractivity contribution in [2.45, 2.75) is 6.92 Å². The van der Waals surface area contributed by atoms with Crippen LogP contribution in [0.15, 0.2) is 66.5 Å². The molecule has 1 heteroatoms. The summed E-state index contributed by atoms with van der Waals surface area (Å²) in [7, 11) is 0. The molecule has 2 rings (SSSR count). The van der Waals surface area contributed by atoms with Crippen LogP contribution in [0.2, 0.25) is 0 Å². The molecule has 18 heavy (non-hydrogen) atoms. The van der Waals surface area contributed by atoms with Crippen molar-refractivity contribution < 1.29 is 4.39 Å². The normalized spacial score (nSPS) is 12.0. The number of allylic oxidation sites excluding steroid dienone is 2. The van der Waals surface area contributed by atoms with Gasteiger partial charge in [0.25, 0.3) is 0 Å². The zero-order chi connectivity index (χ0) is 12.8. The van der Waals surface area contributed by atoms with Gasteiger partial charge in [-0.2, -0.15) is 0 Å². The zero-order valence-electron chi connectivity index (χ0n) is 10.3. The predicted molar refractivity (Wildman–Crippen MR) is 75.7 cm³/mol. The molecular formula is C17H15F. The Labute approximate surface area is 107 Å². The molecule has 0 radical (unpaired) electrons. The number of hydrogen-bond acceptors (Lipinski definition) is 0. The molecule has 90 valence electrons. The van der Waals surface area contributed by atoms with Gasteiger partial charge in [0.05, 0.1) is 0 Å². The number of aryl methyl sites for hydroxylation is 1. The van der Waals surface area contributed by atoms with Crippen LogP contribution in [-0.4, -0.2) is 0 Å². The Morgan fingerprint density at radius 2 is 1.56 bits per heavy atom. The largest absolute Gasteiger partial charge is 0.207 e. The van der Waals surface area contributed by atoms with Gasteiger partial charge in [-0.05, 0) is 30.2 Å². The SMILES string of the molecule is Cc1ccc(/C=C/C(F)=C\c2ccccc2)cc1. The third-order valence-corrected chi connectivity index (χ3v) is 2.62. The molecule has 0 unspecified atom stereocenters. The van der Waals surface area contributed by atoms with Crippen LogP contribution >= 0.6 is 0 Å². The fraction of sp³-hybridized carbons (Fsp3) is 0.0588. The fourth-order valence-electron chi connectivity index (χ4n) is 1.61. The minimum absolute atomic E-state index is 0.248. The van der Waals surface area contributed by atoms with Crippen molar-refractivity contribution in [1.82, 2.24) is 0 Å². The van der Waals surface area contributed by atoms with Gasteiger partial charge < -0.3 is 0 Å². The van der Waals surface area contributed by atoms with Crippen LogP contribution in [0, 0.1) is 6.92 Å². The van der Waals surface area contributed by atoms with E-state index in [-0.39, 0.29) is 5.83 Å². The van der Waals surface area contributed by atoms with E-state index < -0.39 is 0 Å². The van der Waals surface area contributed by atoms with Gasteiger partial charge in [0.2, 0.25) is 0 Å². The Morgan fingerprint density at radius 3 is 2.22 bits per heavy atom. The van der Waals surface area contributed by atoms with Crippen molar-refractivity contribution in [1.29, 1.82) is 0 Å². The van der Waals surface area contributed by atoms with Crippen molar-refractivity contribution in [3.63, 3.8) is 0 Å². The Morgan fingerprint density at radius 1 is 0.889 bits per heavy atom. The smallest absolute Gasteiger partial charge is 0.123 e. The van der Waals surface area contributed by atoms with Crippen LogP contribution in [0.1, 0.15) is 16.7 Å². The Balaban J connectivity index is 2.09. The highest BCUT2D eigenvalue weighted by Crippen LogP contribution is 2.11. The van der Waals surface area contributed by atoms with E-state index >= 15 is 0 Å². The monoisotopic (exact) mass is 238 g/mol. The van der Waals surface area contributed by atoms with Gasteiger partial charge in [0.1, 0.15) is 5.83 Å². The molecule has 0 bridgehead atoms. The molecule has 0 aliphatic rings. The molecule has 0 N–H and O–H groups in total. The molecular weight excluding hydrogens is 223 g/mol. The van der Waals surface area contributed by atoms with Crippen LogP contribution in [0.4, 0.5) is 4.39 Å². The molecule has 0 spiro atoms. The summed E-state index contributed by atoms with van der Waals surface area (Å²) in [6.07, 6.45) is 4.77. The summed E-state index contributed by atoms with van der Waals surface area (Å²) in [4.78, 5) is 0. The molecule has 0 aliphatic carbocycles. The maximum absolute atomic E-state index is 13.6. The standard InChI is InChI=1S/C17H15F/c1-14-7-9-15(10-8-14)11-12-17(18)13-16-5-3-2-4-6-16/h2-13H,1H3/b12-11+,17-13+. The predicted octanol–water partition coefficient (Wildman–Crippen LogP) is 5.02. The summed E-state index contributed by atoms with van der Waals surface area (Å²) in [5.41, 5.74) is 3.06. The lowest BCUT2D eigenvalue weighted by atomic mass is 10.1. The number of benzene rings is 2. The molecule has 0 fully saturated rings. The molecule has 0 aliphatic heterocycles. The van der Waals surface area contributed by atoms with Gasteiger partial charge in [0, 0.05) is 0 Å². The first-order valence-corrected chi connectivity index (χ1v) is 5.91. The average Bonchev–Trinajstić information content (AvgIpc) is 2.39. The van der Waals surface area contributed by atoms with E-state index in [4.69, 9.17) is 0 Å². The van der Waals surface area contributed by atoms with E-state index in [1.165, 1.54) is 17.7 Å². The molecule has 2 aromatic carbocycles. The van der Waals surface area contributed by atoms with E-state index in [0.29, 0.717) is 0 Å². The Hall–Kier alpha value is -2.15. The van der Waals surface area contributed by atoms with E-state index in [1.54, 1.807) is 6.08 Å². The highest BCUT2D eigenvalue weighted by Gasteiger charge is 1.91. The summed E-state index contributed by atoms with van der Waals surface area (Å²) in [5, 5.41) is 0. The quantitative estimate of drug-likeness (QED) is 0.659. The lowest BCUT2D eigenvalue weighted by molar-refractivity contribution is 0.675. The molecule has 0 nitrogen and oxygen atoms in total. The van der Waals surface area contributed by atoms with Gasteiger partial charge in [-0.25, -0.2) is 4.39 Å². The first-order valence-electron chi connectivity index (χ1n) is 5.91. The summed E-state index contributed by atoms with van der Waals surface area (Å²) in [5.74, 6) is -0.248. The van der Waals surface area contributed by atoms with Crippen molar-refractivity contribution in [2.24, 2.45) is 0 Å². The van der Waals surface area contributed by atoms with Crippen molar-refractivity contribution in [3.8, 4) is 0 Å². The first kappa shape index (κ1) is 12.3. The van der Waals surface area contributed by atoms with Gasteiger partial charge in [0.15, 0.2) is 0 Å². The van der Waals surface area contributed by atoms with E-state index in [1.807, 2.05) is 61.5 Å². The second kappa shape index (κ2) is 5.97. The van der Waals surface area contributed by atoms with Crippen LogP contribution in [0.5, 0.6) is 0 Å². The van der Waals surface area contributed by atoms with Crippen molar-refractivity contribution in [3.05, 3.63) is 83.2 Å². The van der Waals surface area contributed by atoms with Gasteiger partial charge >= 0.3 is 0 Å². The second-order valence-corrected chi connectivity index (χ2v) is 4.18. The zero-order valence-corrected chi connectivity index (χ0v) is 10.3. The number of hydrogen-bond donors (Lipinski definition) is 0. The Kier molecular flexibility index (Phi) is 4.08. The third-order valence-electron chi connectivity index (χ3n) is 2.62. The molecule has 0 amide bonds. The topological polar surface area (TPSA) is 0 Å². The molecule has 2 aromatic rings. The summed E-state index contributed by atoms with van der Waals surface area (Å²) < 4.78 is 13.6. The van der Waals surface area contributed by atoms with Gasteiger partial charge in [-0.1, -0.05) is 66.2 Å². The van der Waals surface area contributed by atoms with E-state index in [2.05, 4.69) is 0 Å². The lowest BCUT2D eigenvalue weighted by Gasteiger charge is -1.95. The molecule has 0 saturated heterocycles. The first-order chi connectivity index (χ1) is 8.74. The molecule has 0 heterocycles. The van der Waals surface area contributed by atoms with Gasteiger partial charge in [-0.15, -0.1) is 0 Å². The van der Waals surface area contributed by atoms with Crippen LogP contribution < -0.4 is 0 Å². The molecule has 0 atom stereocenters. The van der Waals surface area contributed by atoms with Crippen LogP contribution in [-0.2, 0) is 0 Å². The number of halogens is 1. The van der Waals surface area contributed by atoms with Crippen molar-refractivity contribution >= 4 is 12.2 Å². The second-order valence-electron chi connectivity index (χ2n) is 4.18. The summed E-state index contributed by atoms with van der Waals surface area (Å²) in [6, 6.07) is 17.4. The lowest BCUT2D eigenvalue weighted by Crippen LogP contribution is -1.74. The highest BCUT2D eigenvalue weighted by atomic mass is 19.1. The van der Waals surface area contributed by atoms with E-state index in [9.17, 15) is 4.39 Å². The Bertz CT molecular complexity index is 548.